The van der Waals surface area contributed by atoms with Gasteiger partial charge in [-0.2, -0.15) is 8.42 Å². The largest absolute Gasteiger partial charge is 0.462 e. The summed E-state index contributed by atoms with van der Waals surface area (Å²) in [7, 11) is -4.62. The van der Waals surface area contributed by atoms with Gasteiger partial charge in [-0.05, 0) is 83.5 Å². The second-order valence-corrected chi connectivity index (χ2v) is 16.9. The van der Waals surface area contributed by atoms with E-state index in [1.807, 2.05) is 6.08 Å². The number of esters is 2. The molecule has 13 heteroatoms. The lowest BCUT2D eigenvalue weighted by Gasteiger charge is -2.40. The summed E-state index contributed by atoms with van der Waals surface area (Å²) in [6, 6.07) is 0. The number of unbranched alkanes of at least 4 members (excludes halogenated alkanes) is 12. The van der Waals surface area contributed by atoms with Crippen LogP contribution in [0.25, 0.3) is 0 Å². The molecule has 344 valence electrons. The number of aliphatic hydroxyl groups is 3. The van der Waals surface area contributed by atoms with E-state index in [4.69, 9.17) is 18.9 Å². The quantitative estimate of drug-likeness (QED) is 0.0203. The van der Waals surface area contributed by atoms with E-state index in [2.05, 4.69) is 80.7 Å². The van der Waals surface area contributed by atoms with Gasteiger partial charge in [0, 0.05) is 12.8 Å². The number of aliphatic hydroxyl groups excluding tert-OH is 3. The van der Waals surface area contributed by atoms with Crippen molar-refractivity contribution in [2.75, 3.05) is 19.0 Å². The van der Waals surface area contributed by atoms with E-state index < -0.39 is 71.2 Å². The number of ether oxygens (including phenoxy) is 4. The predicted octanol–water partition coefficient (Wildman–Crippen LogP) is 9.11. The summed E-state index contributed by atoms with van der Waals surface area (Å²) in [5.74, 6) is -2.11. The van der Waals surface area contributed by atoms with Crippen molar-refractivity contribution in [1.82, 2.24) is 0 Å². The summed E-state index contributed by atoms with van der Waals surface area (Å²) in [5.41, 5.74) is 0. The molecule has 1 rings (SSSR count). The summed E-state index contributed by atoms with van der Waals surface area (Å²) >= 11 is 0. The van der Waals surface area contributed by atoms with E-state index >= 15 is 0 Å². The number of allylic oxidation sites excluding steroid dienone is 12. The molecule has 6 atom stereocenters. The first-order valence-corrected chi connectivity index (χ1v) is 24.1. The molecule has 0 aromatic rings. The average Bonchev–Trinajstić information content (AvgIpc) is 3.21. The lowest BCUT2D eigenvalue weighted by atomic mass is 10.00. The first-order chi connectivity index (χ1) is 29.0. The van der Waals surface area contributed by atoms with E-state index in [0.717, 1.165) is 51.4 Å². The third kappa shape index (κ3) is 31.0. The fourth-order valence-electron chi connectivity index (χ4n) is 6.23. The van der Waals surface area contributed by atoms with Gasteiger partial charge < -0.3 is 34.3 Å². The predicted molar refractivity (Wildman–Crippen MR) is 238 cm³/mol. The van der Waals surface area contributed by atoms with Crippen molar-refractivity contribution >= 4 is 22.1 Å². The highest BCUT2D eigenvalue weighted by Crippen LogP contribution is 2.24. The van der Waals surface area contributed by atoms with Crippen LogP contribution in [0.1, 0.15) is 155 Å². The maximum Gasteiger partial charge on any atom is 0.306 e. The highest BCUT2D eigenvalue weighted by Gasteiger charge is 2.46. The smallest absolute Gasteiger partial charge is 0.306 e. The third-order valence-corrected chi connectivity index (χ3v) is 10.5. The normalized spacial score (nSPS) is 20.8. The molecule has 12 nitrogen and oxygen atoms in total. The van der Waals surface area contributed by atoms with Crippen molar-refractivity contribution in [2.45, 2.75) is 192 Å². The molecule has 0 radical (unpaired) electrons. The molecular weight excluding hydrogens is 789 g/mol. The number of hydrogen-bond acceptors (Lipinski definition) is 11. The average molecular weight is 867 g/mol. The number of hydrogen-bond donors (Lipinski definition) is 4. The van der Waals surface area contributed by atoms with Crippen LogP contribution in [0.4, 0.5) is 0 Å². The van der Waals surface area contributed by atoms with E-state index in [1.165, 1.54) is 57.8 Å². The second kappa shape index (κ2) is 36.7. The molecule has 4 N–H and O–H groups in total. The van der Waals surface area contributed by atoms with Crippen LogP contribution in [-0.4, -0.2) is 96.0 Å². The minimum absolute atomic E-state index is 0.101. The van der Waals surface area contributed by atoms with Gasteiger partial charge in [0.2, 0.25) is 0 Å². The molecule has 1 heterocycles. The Balaban J connectivity index is 2.53. The molecule has 1 aliphatic rings. The van der Waals surface area contributed by atoms with Crippen molar-refractivity contribution < 1.29 is 56.8 Å². The highest BCUT2D eigenvalue weighted by molar-refractivity contribution is 7.85. The van der Waals surface area contributed by atoms with Gasteiger partial charge >= 0.3 is 11.9 Å². The van der Waals surface area contributed by atoms with Crippen LogP contribution in [0.3, 0.4) is 0 Å². The van der Waals surface area contributed by atoms with E-state index in [-0.39, 0.29) is 19.4 Å². The first kappa shape index (κ1) is 55.1. The summed E-state index contributed by atoms with van der Waals surface area (Å²) in [5, 5.41) is 30.9. The summed E-state index contributed by atoms with van der Waals surface area (Å²) in [6.45, 7) is 3.63. The van der Waals surface area contributed by atoms with Crippen LogP contribution in [-0.2, 0) is 38.7 Å². The standard InChI is InChI=1S/C47H78O12S/c1-3-5-7-9-11-13-15-17-19-20-22-23-25-27-29-31-33-35-42(48)56-37-40(38-57-47-46(52)45(51)44(50)41(59-47)39-60(53,54)55)58-43(49)36-34-32-30-28-26-24-21-18-16-14-12-10-8-6-4-2/h12,14,17-19,21-23,26-29,40-41,44-47,50-52H,3-11,13,15-16,20,24-25,30-39H2,1-2H3,(H,53,54,55)/b14-12+,19-17+,21-18+,23-22+,28-26+,29-27+/t40-,41-,44-,45?,46?,47+/m1/s1. The summed E-state index contributed by atoms with van der Waals surface area (Å²) in [4.78, 5) is 25.4. The number of carbonyl (C=O) groups is 2. The molecule has 0 amide bonds. The molecule has 0 saturated carbocycles. The second-order valence-electron chi connectivity index (χ2n) is 15.4. The van der Waals surface area contributed by atoms with E-state index in [1.54, 1.807) is 0 Å². The molecule has 0 spiro atoms. The van der Waals surface area contributed by atoms with Gasteiger partial charge in [0.1, 0.15) is 36.8 Å². The highest BCUT2D eigenvalue weighted by atomic mass is 32.2. The van der Waals surface area contributed by atoms with Crippen LogP contribution in [0, 0.1) is 0 Å². The van der Waals surface area contributed by atoms with Crippen molar-refractivity contribution in [2.24, 2.45) is 0 Å². The third-order valence-electron chi connectivity index (χ3n) is 9.76. The minimum atomic E-state index is -4.62. The van der Waals surface area contributed by atoms with Crippen LogP contribution in [0.15, 0.2) is 72.9 Å². The minimum Gasteiger partial charge on any atom is -0.462 e. The lowest BCUT2D eigenvalue weighted by molar-refractivity contribution is -0.297. The van der Waals surface area contributed by atoms with Crippen molar-refractivity contribution in [1.29, 1.82) is 0 Å². The Hall–Kier alpha value is -2.91. The maximum atomic E-state index is 12.8. The van der Waals surface area contributed by atoms with Crippen LogP contribution >= 0.6 is 0 Å². The van der Waals surface area contributed by atoms with Gasteiger partial charge in [0.05, 0.1) is 6.61 Å². The Morgan fingerprint density at radius 1 is 0.567 bits per heavy atom. The molecule has 1 fully saturated rings. The molecule has 0 aromatic carbocycles. The van der Waals surface area contributed by atoms with E-state index in [9.17, 15) is 37.9 Å². The van der Waals surface area contributed by atoms with Gasteiger partial charge in [0.25, 0.3) is 10.1 Å². The number of carbonyl (C=O) groups excluding carboxylic acids is 2. The first-order valence-electron chi connectivity index (χ1n) is 22.5. The van der Waals surface area contributed by atoms with Crippen LogP contribution in [0.5, 0.6) is 0 Å². The molecule has 0 aromatic heterocycles. The van der Waals surface area contributed by atoms with Crippen LogP contribution < -0.4 is 0 Å². The van der Waals surface area contributed by atoms with Gasteiger partial charge in [-0.15, -0.1) is 0 Å². The zero-order valence-corrected chi connectivity index (χ0v) is 37.3. The zero-order valence-electron chi connectivity index (χ0n) is 36.5. The molecule has 60 heavy (non-hydrogen) atoms. The summed E-state index contributed by atoms with van der Waals surface area (Å²) < 4.78 is 53.9. The van der Waals surface area contributed by atoms with Gasteiger partial charge in [-0.25, -0.2) is 0 Å². The Morgan fingerprint density at radius 2 is 1.02 bits per heavy atom. The fraction of sp³-hybridized carbons (Fsp3) is 0.702. The zero-order chi connectivity index (χ0) is 44.1. The van der Waals surface area contributed by atoms with Crippen LogP contribution in [0.2, 0.25) is 0 Å². The summed E-state index contributed by atoms with van der Waals surface area (Å²) in [6.07, 6.45) is 36.7. The maximum absolute atomic E-state index is 12.8. The van der Waals surface area contributed by atoms with Crippen molar-refractivity contribution in [3.63, 3.8) is 0 Å². The van der Waals surface area contributed by atoms with Crippen molar-refractivity contribution in [3.05, 3.63) is 72.9 Å². The Morgan fingerprint density at radius 3 is 1.57 bits per heavy atom. The molecule has 1 saturated heterocycles. The fourth-order valence-corrected chi connectivity index (χ4v) is 6.92. The van der Waals surface area contributed by atoms with Gasteiger partial charge in [-0.3, -0.25) is 14.1 Å². The lowest BCUT2D eigenvalue weighted by Crippen LogP contribution is -2.60. The monoisotopic (exact) mass is 867 g/mol. The molecule has 0 aliphatic carbocycles. The Kier molecular flexibility index (Phi) is 33.7. The van der Waals surface area contributed by atoms with E-state index in [0.29, 0.717) is 19.3 Å². The van der Waals surface area contributed by atoms with Gasteiger partial charge in [-0.1, -0.05) is 132 Å². The Bertz CT molecular complexity index is 1390. The SMILES string of the molecule is CCCCC/C=C/C/C=C/C/C=C/CCCCC(=O)O[C@H](COC(=O)CCC/C=C/C/C=C/C/C=C/CCCCCCCC)CO[C@H]1O[C@H](CS(=O)(=O)O)[C@@H](O)C(O)C1O. The van der Waals surface area contributed by atoms with Gasteiger partial charge in [0.15, 0.2) is 12.4 Å². The van der Waals surface area contributed by atoms with Crippen molar-refractivity contribution in [3.8, 4) is 0 Å². The molecule has 1 aliphatic heterocycles. The molecule has 0 bridgehead atoms. The number of rotatable bonds is 36. The topological polar surface area (TPSA) is 186 Å². The molecule has 2 unspecified atom stereocenters. The Labute approximate surface area is 361 Å². The molecular formula is C47H78O12S.